The van der Waals surface area contributed by atoms with Gasteiger partial charge in [0.25, 0.3) is 11.8 Å². The molecular weight excluding hydrogens is 446 g/mol. The molecule has 2 amide bonds. The van der Waals surface area contributed by atoms with E-state index < -0.39 is 16.7 Å². The van der Waals surface area contributed by atoms with E-state index in [1.165, 1.54) is 18.2 Å². The van der Waals surface area contributed by atoms with Crippen LogP contribution in [0.2, 0.25) is 0 Å². The van der Waals surface area contributed by atoms with E-state index in [9.17, 15) is 19.7 Å². The number of nitro benzene ring substituents is 1. The number of amides is 2. The number of anilines is 1. The summed E-state index contributed by atoms with van der Waals surface area (Å²) in [6.45, 7) is 0.0681. The molecule has 4 aromatic carbocycles. The molecule has 1 saturated heterocycles. The molecule has 1 aliphatic heterocycles. The molecule has 1 aliphatic rings. The number of carbonyl (C=O) groups is 2. The number of para-hydroxylation sites is 2. The lowest BCUT2D eigenvalue weighted by atomic mass is 10.1. The van der Waals surface area contributed by atoms with Crippen LogP contribution in [-0.4, -0.2) is 16.7 Å². The Kier molecular flexibility index (Phi) is 5.68. The topological polar surface area (TPSA) is 102 Å². The Bertz CT molecular complexity index is 1490. The zero-order valence-corrected chi connectivity index (χ0v) is 18.4. The molecule has 172 valence electrons. The highest BCUT2D eigenvalue weighted by Crippen LogP contribution is 2.34. The van der Waals surface area contributed by atoms with Gasteiger partial charge in [-0.1, -0.05) is 72.8 Å². The quantitative estimate of drug-likeness (QED) is 0.191. The molecule has 0 atom stereocenters. The van der Waals surface area contributed by atoms with Gasteiger partial charge in [0.1, 0.15) is 12.2 Å². The molecule has 4 aromatic rings. The molecule has 0 unspecified atom stereocenters. The second kappa shape index (κ2) is 9.11. The zero-order valence-electron chi connectivity index (χ0n) is 18.4. The van der Waals surface area contributed by atoms with Crippen LogP contribution < -0.4 is 15.2 Å². The minimum atomic E-state index is -0.606. The smallest absolute Gasteiger partial charge is 0.311 e. The van der Waals surface area contributed by atoms with Gasteiger partial charge < -0.3 is 4.74 Å². The molecule has 5 rings (SSSR count). The third-order valence-corrected chi connectivity index (χ3v) is 5.68. The van der Waals surface area contributed by atoms with Crippen LogP contribution in [0.25, 0.3) is 16.8 Å². The number of fused-ring (bicyclic) bond motifs is 1. The summed E-state index contributed by atoms with van der Waals surface area (Å²) in [6, 6.07) is 26.6. The van der Waals surface area contributed by atoms with Crippen molar-refractivity contribution in [1.29, 1.82) is 0 Å². The van der Waals surface area contributed by atoms with Gasteiger partial charge in [-0.25, -0.2) is 5.01 Å². The van der Waals surface area contributed by atoms with Gasteiger partial charge in [-0.15, -0.1) is 0 Å². The first-order valence-electron chi connectivity index (χ1n) is 10.8. The Morgan fingerprint density at radius 1 is 0.886 bits per heavy atom. The minimum absolute atomic E-state index is 0.0169. The van der Waals surface area contributed by atoms with E-state index >= 15 is 0 Å². The highest BCUT2D eigenvalue weighted by molar-refractivity contribution is 6.31. The first-order valence-corrected chi connectivity index (χ1v) is 10.8. The Morgan fingerprint density at radius 3 is 2.40 bits per heavy atom. The number of hydrazine groups is 1. The fraction of sp³-hybridized carbons (Fsp3) is 0.0370. The van der Waals surface area contributed by atoms with Gasteiger partial charge in [-0.3, -0.25) is 25.1 Å². The molecule has 1 N–H and O–H groups in total. The Balaban J connectivity index is 1.51. The second-order valence-corrected chi connectivity index (χ2v) is 7.85. The van der Waals surface area contributed by atoms with Gasteiger partial charge in [0, 0.05) is 11.6 Å². The number of benzene rings is 4. The SMILES string of the molecule is O=C1NN(c2ccccc2)C(=O)/C1=C\c1cccc([N+](=O)[O-])c1OCc1cccc2ccccc12. The summed E-state index contributed by atoms with van der Waals surface area (Å²) in [7, 11) is 0. The predicted octanol–water partition coefficient (Wildman–Crippen LogP) is 4.79. The molecule has 8 nitrogen and oxygen atoms in total. The average Bonchev–Trinajstić information content (AvgIpc) is 3.16. The normalized spacial score (nSPS) is 14.4. The highest BCUT2D eigenvalue weighted by Gasteiger charge is 2.35. The fourth-order valence-electron chi connectivity index (χ4n) is 4.00. The van der Waals surface area contributed by atoms with Crippen LogP contribution in [0.15, 0.2) is 96.6 Å². The molecule has 1 fully saturated rings. The number of ether oxygens (including phenoxy) is 1. The molecule has 0 bridgehead atoms. The van der Waals surface area contributed by atoms with Crippen molar-refractivity contribution in [2.24, 2.45) is 0 Å². The van der Waals surface area contributed by atoms with Gasteiger partial charge in [0.15, 0.2) is 0 Å². The standard InChI is InChI=1S/C27H19N3O5/c31-26-23(27(32)29(28-26)21-12-2-1-3-13-21)16-19-10-7-15-24(30(33)34)25(19)35-17-20-11-6-9-18-8-4-5-14-22(18)20/h1-16H,17H2,(H,28,31)/b23-16-. The largest absolute Gasteiger partial charge is 0.482 e. The van der Waals surface area contributed by atoms with Gasteiger partial charge in [-0.2, -0.15) is 0 Å². The number of nitro groups is 1. The number of hydrogen-bond donors (Lipinski definition) is 1. The summed E-state index contributed by atoms with van der Waals surface area (Å²) >= 11 is 0. The maximum Gasteiger partial charge on any atom is 0.311 e. The fourth-order valence-corrected chi connectivity index (χ4v) is 4.00. The van der Waals surface area contributed by atoms with E-state index in [4.69, 9.17) is 4.74 Å². The maximum atomic E-state index is 13.0. The van der Waals surface area contributed by atoms with Crippen molar-refractivity contribution >= 4 is 40.0 Å². The van der Waals surface area contributed by atoms with Crippen molar-refractivity contribution in [2.45, 2.75) is 6.61 Å². The van der Waals surface area contributed by atoms with Gasteiger partial charge in [0.2, 0.25) is 5.75 Å². The Hall–Kier alpha value is -4.98. The average molecular weight is 465 g/mol. The first-order chi connectivity index (χ1) is 17.0. The summed E-state index contributed by atoms with van der Waals surface area (Å²) in [5.41, 5.74) is 3.73. The molecule has 0 spiro atoms. The molecular formula is C27H19N3O5. The molecule has 0 radical (unpaired) electrons. The maximum absolute atomic E-state index is 13.0. The van der Waals surface area contributed by atoms with Gasteiger partial charge >= 0.3 is 5.69 Å². The zero-order chi connectivity index (χ0) is 24.4. The summed E-state index contributed by atoms with van der Waals surface area (Å²) in [4.78, 5) is 36.8. The summed E-state index contributed by atoms with van der Waals surface area (Å²) < 4.78 is 5.97. The van der Waals surface area contributed by atoms with Crippen LogP contribution >= 0.6 is 0 Å². The molecule has 8 heteroatoms. The number of nitrogens with one attached hydrogen (secondary N) is 1. The van der Waals surface area contributed by atoms with Crippen molar-refractivity contribution in [3.63, 3.8) is 0 Å². The van der Waals surface area contributed by atoms with Crippen molar-refractivity contribution in [3.8, 4) is 5.75 Å². The van der Waals surface area contributed by atoms with Crippen LogP contribution in [0.4, 0.5) is 11.4 Å². The van der Waals surface area contributed by atoms with Crippen LogP contribution in [0, 0.1) is 10.1 Å². The minimum Gasteiger partial charge on any atom is -0.482 e. The van der Waals surface area contributed by atoms with Crippen LogP contribution in [-0.2, 0) is 16.2 Å². The van der Waals surface area contributed by atoms with Crippen LogP contribution in [0.1, 0.15) is 11.1 Å². The lowest BCUT2D eigenvalue weighted by molar-refractivity contribution is -0.386. The lowest BCUT2D eigenvalue weighted by Crippen LogP contribution is -2.35. The van der Waals surface area contributed by atoms with E-state index in [0.717, 1.165) is 21.3 Å². The number of carbonyl (C=O) groups excluding carboxylic acids is 2. The Labute approximate surface area is 200 Å². The molecule has 0 aromatic heterocycles. The predicted molar refractivity (Wildman–Crippen MR) is 131 cm³/mol. The van der Waals surface area contributed by atoms with Gasteiger partial charge in [0.05, 0.1) is 10.6 Å². The first kappa shape index (κ1) is 21.8. The van der Waals surface area contributed by atoms with E-state index in [1.807, 2.05) is 42.5 Å². The van der Waals surface area contributed by atoms with E-state index in [-0.39, 0.29) is 29.2 Å². The van der Waals surface area contributed by atoms with Crippen molar-refractivity contribution in [1.82, 2.24) is 5.43 Å². The highest BCUT2D eigenvalue weighted by atomic mass is 16.6. The van der Waals surface area contributed by atoms with E-state index in [2.05, 4.69) is 5.43 Å². The van der Waals surface area contributed by atoms with Gasteiger partial charge in [-0.05, 0) is 34.5 Å². The number of nitrogens with zero attached hydrogens (tertiary/aromatic N) is 2. The van der Waals surface area contributed by atoms with E-state index in [1.54, 1.807) is 36.4 Å². The lowest BCUT2D eigenvalue weighted by Gasteiger charge is -2.14. The van der Waals surface area contributed by atoms with Crippen LogP contribution in [0.3, 0.4) is 0 Å². The molecule has 1 heterocycles. The van der Waals surface area contributed by atoms with Crippen molar-refractivity contribution in [2.75, 3.05) is 5.01 Å². The molecule has 0 saturated carbocycles. The number of rotatable bonds is 6. The van der Waals surface area contributed by atoms with Crippen LogP contribution in [0.5, 0.6) is 5.75 Å². The third kappa shape index (κ3) is 4.20. The number of hydrogen-bond acceptors (Lipinski definition) is 5. The monoisotopic (exact) mass is 465 g/mol. The Morgan fingerprint density at radius 2 is 1.60 bits per heavy atom. The second-order valence-electron chi connectivity index (χ2n) is 7.85. The van der Waals surface area contributed by atoms with E-state index in [0.29, 0.717) is 5.69 Å². The third-order valence-electron chi connectivity index (χ3n) is 5.68. The van der Waals surface area contributed by atoms with Crippen molar-refractivity contribution < 1.29 is 19.2 Å². The summed E-state index contributed by atoms with van der Waals surface area (Å²) in [6.07, 6.45) is 1.33. The van der Waals surface area contributed by atoms with Crippen molar-refractivity contribution in [3.05, 3.63) is 118 Å². The summed E-state index contributed by atoms with van der Waals surface area (Å²) in [5, 5.41) is 14.9. The molecule has 35 heavy (non-hydrogen) atoms. The summed E-state index contributed by atoms with van der Waals surface area (Å²) in [5.74, 6) is -1.19. The molecule has 0 aliphatic carbocycles.